The van der Waals surface area contributed by atoms with Gasteiger partial charge >= 0.3 is 5.97 Å². The van der Waals surface area contributed by atoms with E-state index in [0.29, 0.717) is 30.2 Å². The Labute approximate surface area is 139 Å². The molecular formula is C16H21N3O5. The average Bonchev–Trinajstić information content (AvgIpc) is 3.18. The van der Waals surface area contributed by atoms with Crippen LogP contribution in [0.15, 0.2) is 27.5 Å². The lowest BCUT2D eigenvalue weighted by Gasteiger charge is -2.23. The lowest BCUT2D eigenvalue weighted by molar-refractivity contribution is -0.138. The Kier molecular flexibility index (Phi) is 6.11. The number of amides is 1. The largest absolute Gasteiger partial charge is 0.481 e. The third-order valence-corrected chi connectivity index (χ3v) is 3.33. The molecule has 1 N–H and O–H groups in total. The summed E-state index contributed by atoms with van der Waals surface area (Å²) in [4.78, 5) is 28.8. The fourth-order valence-electron chi connectivity index (χ4n) is 2.23. The molecule has 0 aliphatic carbocycles. The first-order valence-electron chi connectivity index (χ1n) is 7.80. The van der Waals surface area contributed by atoms with E-state index in [4.69, 9.17) is 14.0 Å². The summed E-state index contributed by atoms with van der Waals surface area (Å²) in [5, 5.41) is 12.6. The second kappa shape index (κ2) is 8.28. The van der Waals surface area contributed by atoms with Crippen LogP contribution in [0, 0.1) is 5.92 Å². The van der Waals surface area contributed by atoms with Gasteiger partial charge in [-0.3, -0.25) is 9.59 Å². The Hall–Kier alpha value is -2.64. The van der Waals surface area contributed by atoms with Gasteiger partial charge in [0, 0.05) is 25.9 Å². The molecule has 2 aromatic rings. The maximum Gasteiger partial charge on any atom is 0.305 e. The number of furan rings is 1. The number of carboxylic acid groups (broad SMARTS) is 1. The predicted octanol–water partition coefficient (Wildman–Crippen LogP) is 2.22. The van der Waals surface area contributed by atoms with Crippen LogP contribution in [-0.4, -0.2) is 45.1 Å². The van der Waals surface area contributed by atoms with Gasteiger partial charge in [-0.1, -0.05) is 19.0 Å². The highest BCUT2D eigenvalue weighted by Crippen LogP contribution is 2.16. The van der Waals surface area contributed by atoms with E-state index in [2.05, 4.69) is 10.1 Å². The highest BCUT2D eigenvalue weighted by atomic mass is 16.5. The smallest absolute Gasteiger partial charge is 0.305 e. The van der Waals surface area contributed by atoms with Crippen LogP contribution in [0.25, 0.3) is 11.4 Å². The molecule has 8 nitrogen and oxygen atoms in total. The van der Waals surface area contributed by atoms with E-state index < -0.39 is 5.97 Å². The van der Waals surface area contributed by atoms with E-state index in [1.807, 2.05) is 13.8 Å². The molecule has 24 heavy (non-hydrogen) atoms. The van der Waals surface area contributed by atoms with Crippen molar-refractivity contribution in [1.29, 1.82) is 0 Å². The first kappa shape index (κ1) is 17.7. The molecule has 0 atom stereocenters. The van der Waals surface area contributed by atoms with Crippen LogP contribution in [0.4, 0.5) is 0 Å². The number of carboxylic acids is 1. The average molecular weight is 335 g/mol. The Morgan fingerprint density at radius 3 is 2.75 bits per heavy atom. The number of nitrogens with zero attached hydrogens (tertiary/aromatic N) is 3. The van der Waals surface area contributed by atoms with Gasteiger partial charge in [0.2, 0.25) is 17.6 Å². The second-order valence-electron chi connectivity index (χ2n) is 5.90. The normalized spacial score (nSPS) is 11.0. The van der Waals surface area contributed by atoms with Crippen LogP contribution < -0.4 is 0 Å². The zero-order valence-corrected chi connectivity index (χ0v) is 13.8. The monoisotopic (exact) mass is 335 g/mol. The van der Waals surface area contributed by atoms with E-state index in [1.165, 1.54) is 12.5 Å². The second-order valence-corrected chi connectivity index (χ2v) is 5.90. The number of rotatable bonds is 9. The topological polar surface area (TPSA) is 110 Å². The number of carbonyl (C=O) groups is 2. The van der Waals surface area contributed by atoms with Crippen molar-refractivity contribution in [2.75, 3.05) is 13.1 Å². The first-order chi connectivity index (χ1) is 11.5. The van der Waals surface area contributed by atoms with Crippen LogP contribution >= 0.6 is 0 Å². The number of hydrogen-bond acceptors (Lipinski definition) is 6. The van der Waals surface area contributed by atoms with Gasteiger partial charge in [0.25, 0.3) is 0 Å². The maximum absolute atomic E-state index is 12.3. The molecule has 0 spiro atoms. The van der Waals surface area contributed by atoms with Gasteiger partial charge in [0.05, 0.1) is 18.2 Å². The molecule has 0 saturated carbocycles. The molecule has 2 heterocycles. The fourth-order valence-corrected chi connectivity index (χ4v) is 2.23. The lowest BCUT2D eigenvalue weighted by Crippen LogP contribution is -2.36. The predicted molar refractivity (Wildman–Crippen MR) is 84.0 cm³/mol. The molecular weight excluding hydrogens is 314 g/mol. The maximum atomic E-state index is 12.3. The lowest BCUT2D eigenvalue weighted by atomic mass is 10.1. The van der Waals surface area contributed by atoms with Crippen LogP contribution in [-0.2, 0) is 16.0 Å². The van der Waals surface area contributed by atoms with Gasteiger partial charge in [-0.05, 0) is 12.0 Å². The number of carbonyl (C=O) groups excluding carboxylic acids is 1. The van der Waals surface area contributed by atoms with Crippen molar-refractivity contribution in [1.82, 2.24) is 15.0 Å². The van der Waals surface area contributed by atoms with Crippen LogP contribution in [0.5, 0.6) is 0 Å². The summed E-state index contributed by atoms with van der Waals surface area (Å²) in [5.74, 6) is 0.00320. The Balaban J connectivity index is 1.90. The minimum Gasteiger partial charge on any atom is -0.481 e. The molecule has 0 aromatic carbocycles. The van der Waals surface area contributed by atoms with Crippen molar-refractivity contribution < 1.29 is 23.6 Å². The molecule has 8 heteroatoms. The summed E-state index contributed by atoms with van der Waals surface area (Å²) in [7, 11) is 0. The number of aryl methyl sites for hydroxylation is 1. The Morgan fingerprint density at radius 1 is 1.33 bits per heavy atom. The summed E-state index contributed by atoms with van der Waals surface area (Å²) < 4.78 is 10.1. The Morgan fingerprint density at radius 2 is 2.12 bits per heavy atom. The van der Waals surface area contributed by atoms with Crippen molar-refractivity contribution in [3.63, 3.8) is 0 Å². The molecule has 130 valence electrons. The molecule has 2 rings (SSSR count). The van der Waals surface area contributed by atoms with E-state index in [0.717, 1.165) is 0 Å². The minimum atomic E-state index is -0.918. The third-order valence-electron chi connectivity index (χ3n) is 3.33. The van der Waals surface area contributed by atoms with Crippen molar-refractivity contribution in [2.45, 2.75) is 33.1 Å². The molecule has 0 saturated heterocycles. The van der Waals surface area contributed by atoms with Gasteiger partial charge in [-0.15, -0.1) is 0 Å². The van der Waals surface area contributed by atoms with Crippen LogP contribution in [0.2, 0.25) is 0 Å². The van der Waals surface area contributed by atoms with Gasteiger partial charge in [0.1, 0.15) is 6.26 Å². The first-order valence-corrected chi connectivity index (χ1v) is 7.80. The minimum absolute atomic E-state index is 0.0658. The number of aliphatic carboxylic acids is 1. The molecule has 0 unspecified atom stereocenters. The van der Waals surface area contributed by atoms with Gasteiger partial charge in [-0.2, -0.15) is 4.98 Å². The van der Waals surface area contributed by atoms with Gasteiger partial charge in [-0.25, -0.2) is 0 Å². The summed E-state index contributed by atoms with van der Waals surface area (Å²) in [6.07, 6.45) is 3.46. The summed E-state index contributed by atoms with van der Waals surface area (Å²) in [5.41, 5.74) is 0.708. The van der Waals surface area contributed by atoms with Gasteiger partial charge in [0.15, 0.2) is 0 Å². The number of aromatic nitrogens is 2. The molecule has 0 bridgehead atoms. The van der Waals surface area contributed by atoms with Gasteiger partial charge < -0.3 is 18.9 Å². The zero-order chi connectivity index (χ0) is 17.5. The molecule has 1 amide bonds. The highest BCUT2D eigenvalue weighted by Gasteiger charge is 2.18. The van der Waals surface area contributed by atoms with Crippen LogP contribution in [0.1, 0.15) is 32.6 Å². The number of hydrogen-bond donors (Lipinski definition) is 1. The van der Waals surface area contributed by atoms with E-state index in [1.54, 1.807) is 11.0 Å². The highest BCUT2D eigenvalue weighted by molar-refractivity contribution is 5.77. The fraction of sp³-hybridized carbons (Fsp3) is 0.500. The quantitative estimate of drug-likeness (QED) is 0.748. The van der Waals surface area contributed by atoms with Crippen molar-refractivity contribution in [2.24, 2.45) is 5.92 Å². The molecule has 0 aliphatic rings. The van der Waals surface area contributed by atoms with E-state index in [9.17, 15) is 9.59 Å². The van der Waals surface area contributed by atoms with Crippen molar-refractivity contribution in [3.05, 3.63) is 24.5 Å². The van der Waals surface area contributed by atoms with Crippen molar-refractivity contribution >= 4 is 11.9 Å². The molecule has 2 aromatic heterocycles. The molecule has 0 fully saturated rings. The third kappa shape index (κ3) is 5.22. The summed E-state index contributed by atoms with van der Waals surface area (Å²) in [6.45, 7) is 4.69. The SMILES string of the molecule is CC(C)CN(CCC(=O)O)C(=O)CCc1nc(-c2ccoc2)no1. The zero-order valence-electron chi connectivity index (χ0n) is 13.8. The van der Waals surface area contributed by atoms with E-state index >= 15 is 0 Å². The standard InChI is InChI=1S/C16H21N3O5/c1-11(2)9-19(7-5-15(21)22)14(20)4-3-13-17-16(18-24-13)12-6-8-23-10-12/h6,8,10-11H,3-5,7,9H2,1-2H3,(H,21,22). The van der Waals surface area contributed by atoms with Crippen molar-refractivity contribution in [3.8, 4) is 11.4 Å². The Bertz CT molecular complexity index is 663. The molecule has 0 aliphatic heterocycles. The summed E-state index contributed by atoms with van der Waals surface area (Å²) >= 11 is 0. The molecule has 0 radical (unpaired) electrons. The van der Waals surface area contributed by atoms with Crippen LogP contribution in [0.3, 0.4) is 0 Å². The van der Waals surface area contributed by atoms with E-state index in [-0.39, 0.29) is 31.2 Å². The summed E-state index contributed by atoms with van der Waals surface area (Å²) in [6, 6.07) is 1.72.